The molecule has 1 aromatic heterocycles. The average molecular weight is 373 g/mol. The van der Waals surface area contributed by atoms with Crippen LogP contribution in [-0.2, 0) is 17.8 Å². The van der Waals surface area contributed by atoms with Crippen LogP contribution < -0.4 is 4.90 Å². The topological polar surface area (TPSA) is 65.8 Å². The lowest BCUT2D eigenvalue weighted by Crippen LogP contribution is -2.49. The molecule has 144 valence electrons. The minimum atomic E-state index is -1.01. The van der Waals surface area contributed by atoms with Gasteiger partial charge in [-0.1, -0.05) is 12.1 Å². The van der Waals surface area contributed by atoms with Crippen LogP contribution in [0.15, 0.2) is 30.5 Å². The van der Waals surface area contributed by atoms with Gasteiger partial charge in [0.1, 0.15) is 5.82 Å². The Labute approximate surface area is 157 Å². The number of carboxylic acid groups (broad SMARTS) is 1. The Bertz CT molecular complexity index is 854. The summed E-state index contributed by atoms with van der Waals surface area (Å²) in [6, 6.07) is 6.62. The lowest BCUT2D eigenvalue weighted by molar-refractivity contribution is -0.130. The second-order valence-electron chi connectivity index (χ2n) is 6.72. The van der Waals surface area contributed by atoms with E-state index in [0.29, 0.717) is 49.7 Å². The Morgan fingerprint density at radius 2 is 1.81 bits per heavy atom. The number of aromatic carboxylic acids is 1. The summed E-state index contributed by atoms with van der Waals surface area (Å²) in [5.74, 6) is -1.37. The minimum Gasteiger partial charge on any atom is -0.478 e. The summed E-state index contributed by atoms with van der Waals surface area (Å²) in [6.45, 7) is 6.35. The summed E-state index contributed by atoms with van der Waals surface area (Å²) >= 11 is 0. The summed E-state index contributed by atoms with van der Waals surface area (Å²) in [5, 5.41) is 9.48. The fourth-order valence-corrected chi connectivity index (χ4v) is 3.67. The van der Waals surface area contributed by atoms with Crippen molar-refractivity contribution in [2.75, 3.05) is 31.1 Å². The van der Waals surface area contributed by atoms with Gasteiger partial charge in [-0.05, 0) is 31.5 Å². The van der Waals surface area contributed by atoms with Crippen LogP contribution in [-0.4, -0.2) is 52.6 Å². The van der Waals surface area contributed by atoms with Gasteiger partial charge < -0.3 is 19.5 Å². The molecule has 6 nitrogen and oxygen atoms in total. The van der Waals surface area contributed by atoms with E-state index in [4.69, 9.17) is 0 Å². The van der Waals surface area contributed by atoms with Gasteiger partial charge in [0.05, 0.1) is 17.7 Å². The fourth-order valence-electron chi connectivity index (χ4n) is 3.67. The normalized spacial score (nSPS) is 14.5. The van der Waals surface area contributed by atoms with Gasteiger partial charge in [-0.15, -0.1) is 0 Å². The zero-order valence-electron chi connectivity index (χ0n) is 15.6. The zero-order valence-corrected chi connectivity index (χ0v) is 15.6. The predicted molar refractivity (Wildman–Crippen MR) is 101 cm³/mol. The van der Waals surface area contributed by atoms with Crippen molar-refractivity contribution < 1.29 is 19.1 Å². The Balaban J connectivity index is 1.69. The number of hydrogen-bond acceptors (Lipinski definition) is 3. The van der Waals surface area contributed by atoms with E-state index in [1.165, 1.54) is 6.07 Å². The predicted octanol–water partition coefficient (Wildman–Crippen LogP) is 2.55. The molecule has 0 bridgehead atoms. The number of carboxylic acids is 1. The molecule has 0 spiro atoms. The Kier molecular flexibility index (Phi) is 5.48. The lowest BCUT2D eigenvalue weighted by atomic mass is 10.1. The van der Waals surface area contributed by atoms with E-state index in [1.807, 2.05) is 16.4 Å². The molecule has 0 atom stereocenters. The lowest BCUT2D eigenvalue weighted by Gasteiger charge is -2.36. The highest BCUT2D eigenvalue weighted by molar-refractivity contribution is 5.93. The molecular weight excluding hydrogens is 349 g/mol. The first-order valence-electron chi connectivity index (χ1n) is 9.11. The number of carbonyl (C=O) groups is 2. The third-order valence-electron chi connectivity index (χ3n) is 5.08. The highest BCUT2D eigenvalue weighted by Crippen LogP contribution is 2.22. The molecule has 7 heteroatoms. The van der Waals surface area contributed by atoms with Gasteiger partial charge in [0.2, 0.25) is 5.91 Å². The van der Waals surface area contributed by atoms with Gasteiger partial charge in [-0.3, -0.25) is 4.79 Å². The summed E-state index contributed by atoms with van der Waals surface area (Å²) in [4.78, 5) is 28.0. The van der Waals surface area contributed by atoms with Gasteiger partial charge in [-0.25, -0.2) is 9.18 Å². The smallest absolute Gasteiger partial charge is 0.337 e. The number of halogens is 1. The van der Waals surface area contributed by atoms with Crippen LogP contribution in [0.4, 0.5) is 10.1 Å². The van der Waals surface area contributed by atoms with Crippen molar-refractivity contribution in [2.45, 2.75) is 26.8 Å². The molecule has 1 aromatic carbocycles. The van der Waals surface area contributed by atoms with Crippen LogP contribution in [0.2, 0.25) is 0 Å². The largest absolute Gasteiger partial charge is 0.478 e. The first kappa shape index (κ1) is 18.9. The molecule has 2 heterocycles. The maximum Gasteiger partial charge on any atom is 0.337 e. The molecule has 0 saturated carbocycles. The number of carbonyl (C=O) groups excluding carboxylic acids is 1. The molecule has 0 radical (unpaired) electrons. The van der Waals surface area contributed by atoms with Crippen LogP contribution in [0.5, 0.6) is 0 Å². The number of nitrogens with zero attached hydrogens (tertiary/aromatic N) is 3. The number of hydrogen-bond donors (Lipinski definition) is 1. The van der Waals surface area contributed by atoms with Gasteiger partial charge in [-0.2, -0.15) is 0 Å². The maximum atomic E-state index is 13.9. The van der Waals surface area contributed by atoms with Crippen LogP contribution in [0, 0.1) is 12.7 Å². The SMILES string of the molecule is CCn1cc(C)c(C(=O)O)c1CC(=O)N1CCN(c2ccccc2F)CC1. The molecule has 1 fully saturated rings. The van der Waals surface area contributed by atoms with E-state index < -0.39 is 5.97 Å². The van der Waals surface area contributed by atoms with Gasteiger partial charge in [0, 0.05) is 44.6 Å². The van der Waals surface area contributed by atoms with Crippen LogP contribution in [0.1, 0.15) is 28.5 Å². The number of aryl methyl sites for hydroxylation is 2. The molecule has 1 aliphatic rings. The van der Waals surface area contributed by atoms with E-state index in [2.05, 4.69) is 0 Å². The molecule has 0 aliphatic carbocycles. The summed E-state index contributed by atoms with van der Waals surface area (Å²) < 4.78 is 15.8. The molecule has 1 aliphatic heterocycles. The highest BCUT2D eigenvalue weighted by atomic mass is 19.1. The van der Waals surface area contributed by atoms with Crippen LogP contribution in [0.25, 0.3) is 0 Å². The molecule has 2 aromatic rings. The third kappa shape index (κ3) is 3.82. The van der Waals surface area contributed by atoms with E-state index in [9.17, 15) is 19.1 Å². The zero-order chi connectivity index (χ0) is 19.6. The number of aromatic nitrogens is 1. The maximum absolute atomic E-state index is 13.9. The Morgan fingerprint density at radius 3 is 2.41 bits per heavy atom. The minimum absolute atomic E-state index is 0.0585. The molecule has 1 saturated heterocycles. The second-order valence-corrected chi connectivity index (χ2v) is 6.72. The van der Waals surface area contributed by atoms with E-state index in [-0.39, 0.29) is 23.7 Å². The van der Waals surface area contributed by atoms with E-state index >= 15 is 0 Å². The number of anilines is 1. The van der Waals surface area contributed by atoms with Gasteiger partial charge >= 0.3 is 5.97 Å². The van der Waals surface area contributed by atoms with Crippen molar-refractivity contribution in [2.24, 2.45) is 0 Å². The van der Waals surface area contributed by atoms with Crippen LogP contribution in [0.3, 0.4) is 0 Å². The van der Waals surface area contributed by atoms with Gasteiger partial charge in [0.25, 0.3) is 0 Å². The fraction of sp³-hybridized carbons (Fsp3) is 0.400. The van der Waals surface area contributed by atoms with Crippen molar-refractivity contribution in [3.8, 4) is 0 Å². The number of para-hydroxylation sites is 1. The monoisotopic (exact) mass is 373 g/mol. The average Bonchev–Trinajstić information content (AvgIpc) is 2.97. The molecule has 0 unspecified atom stereocenters. The number of benzene rings is 1. The summed E-state index contributed by atoms with van der Waals surface area (Å²) in [6.07, 6.45) is 1.84. The number of rotatable bonds is 5. The molecule has 1 amide bonds. The van der Waals surface area contributed by atoms with Crippen LogP contribution >= 0.6 is 0 Å². The first-order chi connectivity index (χ1) is 12.9. The molecule has 27 heavy (non-hydrogen) atoms. The van der Waals surface area contributed by atoms with E-state index in [0.717, 1.165) is 0 Å². The highest BCUT2D eigenvalue weighted by Gasteiger charge is 2.26. The second kappa shape index (κ2) is 7.82. The van der Waals surface area contributed by atoms with Gasteiger partial charge in [0.15, 0.2) is 0 Å². The Morgan fingerprint density at radius 1 is 1.15 bits per heavy atom. The molecule has 3 rings (SSSR count). The van der Waals surface area contributed by atoms with Crippen molar-refractivity contribution in [3.63, 3.8) is 0 Å². The standard InChI is InChI=1S/C20H24FN3O3/c1-3-22-13-14(2)19(20(26)27)17(22)12-18(25)24-10-8-23(9-11-24)16-7-5-4-6-15(16)21/h4-7,13H,3,8-12H2,1-2H3,(H,26,27). The van der Waals surface area contributed by atoms with Crippen molar-refractivity contribution in [1.82, 2.24) is 9.47 Å². The molecule has 1 N–H and O–H groups in total. The van der Waals surface area contributed by atoms with E-state index in [1.54, 1.807) is 36.2 Å². The Hall–Kier alpha value is -2.83. The van der Waals surface area contributed by atoms with Crippen molar-refractivity contribution in [3.05, 3.63) is 53.1 Å². The number of piperazine rings is 1. The first-order valence-corrected chi connectivity index (χ1v) is 9.11. The van der Waals surface area contributed by atoms with Crippen molar-refractivity contribution >= 4 is 17.6 Å². The number of amides is 1. The van der Waals surface area contributed by atoms with Crippen molar-refractivity contribution in [1.29, 1.82) is 0 Å². The summed E-state index contributed by atoms with van der Waals surface area (Å²) in [5.41, 5.74) is 1.98. The molecular formula is C20H24FN3O3. The summed E-state index contributed by atoms with van der Waals surface area (Å²) in [7, 11) is 0. The third-order valence-corrected chi connectivity index (χ3v) is 5.08. The quantitative estimate of drug-likeness (QED) is 0.875.